The minimum absolute atomic E-state index is 0.0605. The Morgan fingerprint density at radius 3 is 2.09 bits per heavy atom. The lowest BCUT2D eigenvalue weighted by atomic mass is 9.68. The van der Waals surface area contributed by atoms with E-state index >= 15 is 0 Å². The van der Waals surface area contributed by atoms with Crippen molar-refractivity contribution in [3.05, 3.63) is 86.4 Å². The van der Waals surface area contributed by atoms with Crippen molar-refractivity contribution in [1.29, 1.82) is 0 Å². The maximum atomic E-state index is 6.29. The van der Waals surface area contributed by atoms with Crippen LogP contribution in [0.15, 0.2) is 59.7 Å². The highest BCUT2D eigenvalue weighted by Crippen LogP contribution is 2.46. The van der Waals surface area contributed by atoms with E-state index in [9.17, 15) is 0 Å². The summed E-state index contributed by atoms with van der Waals surface area (Å²) in [6, 6.07) is 14.2. The van der Waals surface area contributed by atoms with Gasteiger partial charge in [0.25, 0.3) is 0 Å². The fraction of sp³-hybridized carbons (Fsp3) is 0.238. The molecule has 0 heterocycles. The van der Waals surface area contributed by atoms with Crippen LogP contribution in [0.3, 0.4) is 0 Å². The lowest BCUT2D eigenvalue weighted by Crippen LogP contribution is -2.25. The summed E-state index contributed by atoms with van der Waals surface area (Å²) in [7, 11) is 0. The summed E-state index contributed by atoms with van der Waals surface area (Å²) in [5, 5.41) is 1.53. The van der Waals surface area contributed by atoms with Crippen LogP contribution >= 0.6 is 23.2 Å². The Bertz CT molecular complexity index is 817. The molecule has 0 N–H and O–H groups in total. The van der Waals surface area contributed by atoms with Gasteiger partial charge in [-0.05, 0) is 72.0 Å². The van der Waals surface area contributed by atoms with Gasteiger partial charge in [-0.1, -0.05) is 60.8 Å². The molecule has 0 saturated carbocycles. The Morgan fingerprint density at radius 1 is 0.870 bits per heavy atom. The number of rotatable bonds is 1. The number of hydrogen-bond donors (Lipinski definition) is 0. The minimum Gasteiger partial charge on any atom is -0.0843 e. The molecule has 1 aliphatic rings. The third-order valence-corrected chi connectivity index (χ3v) is 5.09. The molecule has 2 aromatic carbocycles. The number of fused-ring (bicyclic) bond motifs is 1. The molecule has 0 saturated heterocycles. The Kier molecular flexibility index (Phi) is 4.16. The standard InChI is InChI=1S/C21H20Cl2/c1-13(2)19-12-18(14-5-7-15(22)8-6-14)17-10-9-16(23)11-20(17)21(19,3)4/h5-12H,1-4H3. The van der Waals surface area contributed by atoms with E-state index < -0.39 is 0 Å². The number of benzene rings is 2. The summed E-state index contributed by atoms with van der Waals surface area (Å²) in [5.41, 5.74) is 7.52. The predicted molar refractivity (Wildman–Crippen MR) is 101 cm³/mol. The van der Waals surface area contributed by atoms with Gasteiger partial charge in [-0.2, -0.15) is 0 Å². The molecule has 0 aromatic heterocycles. The molecular weight excluding hydrogens is 323 g/mol. The first kappa shape index (κ1) is 16.4. The lowest BCUT2D eigenvalue weighted by Gasteiger charge is -2.36. The largest absolute Gasteiger partial charge is 0.0843 e. The lowest BCUT2D eigenvalue weighted by molar-refractivity contribution is 0.625. The van der Waals surface area contributed by atoms with Crippen LogP contribution in [0.5, 0.6) is 0 Å². The molecular formula is C21H20Cl2. The maximum absolute atomic E-state index is 6.29. The Morgan fingerprint density at radius 2 is 1.48 bits per heavy atom. The number of halogens is 2. The summed E-state index contributed by atoms with van der Waals surface area (Å²) >= 11 is 12.3. The van der Waals surface area contributed by atoms with Crippen molar-refractivity contribution in [2.24, 2.45) is 0 Å². The Balaban J connectivity index is 2.31. The van der Waals surface area contributed by atoms with Gasteiger partial charge in [0.2, 0.25) is 0 Å². The topological polar surface area (TPSA) is 0 Å². The summed E-state index contributed by atoms with van der Waals surface area (Å²) in [6.45, 7) is 8.87. The van der Waals surface area contributed by atoms with Gasteiger partial charge in [0, 0.05) is 15.5 Å². The highest BCUT2D eigenvalue weighted by Gasteiger charge is 2.33. The normalized spacial score (nSPS) is 15.9. The average Bonchev–Trinajstić information content (AvgIpc) is 2.48. The third kappa shape index (κ3) is 2.86. The SMILES string of the molecule is CC(C)=C1C=C(c2ccc(Cl)cc2)c2ccc(Cl)cc2C1(C)C. The van der Waals surface area contributed by atoms with Crippen LogP contribution in [0.25, 0.3) is 5.57 Å². The van der Waals surface area contributed by atoms with E-state index in [0.717, 1.165) is 10.0 Å². The van der Waals surface area contributed by atoms with Crippen molar-refractivity contribution in [2.75, 3.05) is 0 Å². The fourth-order valence-corrected chi connectivity index (χ4v) is 3.75. The van der Waals surface area contributed by atoms with Gasteiger partial charge in [-0.15, -0.1) is 0 Å². The molecule has 0 unspecified atom stereocenters. The molecule has 2 aromatic rings. The van der Waals surface area contributed by atoms with Gasteiger partial charge in [0.05, 0.1) is 0 Å². The van der Waals surface area contributed by atoms with E-state index in [-0.39, 0.29) is 5.41 Å². The summed E-state index contributed by atoms with van der Waals surface area (Å²) < 4.78 is 0. The van der Waals surface area contributed by atoms with E-state index in [4.69, 9.17) is 23.2 Å². The van der Waals surface area contributed by atoms with Crippen LogP contribution in [0.1, 0.15) is 44.4 Å². The summed E-state index contributed by atoms with van der Waals surface area (Å²) in [4.78, 5) is 0. The van der Waals surface area contributed by atoms with Crippen LogP contribution in [0.4, 0.5) is 0 Å². The van der Waals surface area contributed by atoms with Gasteiger partial charge in [0.15, 0.2) is 0 Å². The van der Waals surface area contributed by atoms with Crippen LogP contribution < -0.4 is 0 Å². The molecule has 2 heteroatoms. The first-order valence-electron chi connectivity index (χ1n) is 7.76. The zero-order valence-corrected chi connectivity index (χ0v) is 15.4. The van der Waals surface area contributed by atoms with Crippen LogP contribution in [-0.2, 0) is 5.41 Å². The van der Waals surface area contributed by atoms with E-state index in [1.54, 1.807) is 0 Å². The van der Waals surface area contributed by atoms with Gasteiger partial charge in [0.1, 0.15) is 0 Å². The van der Waals surface area contributed by atoms with Crippen molar-refractivity contribution in [1.82, 2.24) is 0 Å². The second-order valence-corrected chi connectivity index (χ2v) is 7.67. The monoisotopic (exact) mass is 342 g/mol. The Hall–Kier alpha value is -1.50. The van der Waals surface area contributed by atoms with Crippen molar-refractivity contribution in [2.45, 2.75) is 33.1 Å². The molecule has 0 atom stereocenters. The van der Waals surface area contributed by atoms with Gasteiger partial charge in [-0.3, -0.25) is 0 Å². The summed E-state index contributed by atoms with van der Waals surface area (Å²) in [6.07, 6.45) is 2.31. The minimum atomic E-state index is -0.0605. The molecule has 0 amide bonds. The van der Waals surface area contributed by atoms with Gasteiger partial charge < -0.3 is 0 Å². The number of hydrogen-bond acceptors (Lipinski definition) is 0. The van der Waals surface area contributed by atoms with Gasteiger partial charge in [-0.25, -0.2) is 0 Å². The molecule has 0 nitrogen and oxygen atoms in total. The van der Waals surface area contributed by atoms with E-state index in [1.807, 2.05) is 18.2 Å². The third-order valence-electron chi connectivity index (χ3n) is 4.60. The fourth-order valence-electron chi connectivity index (χ4n) is 3.45. The molecule has 0 radical (unpaired) electrons. The molecule has 3 rings (SSSR count). The first-order chi connectivity index (χ1) is 10.8. The smallest absolute Gasteiger partial charge is 0.0409 e. The predicted octanol–water partition coefficient (Wildman–Crippen LogP) is 7.05. The molecule has 0 fully saturated rings. The molecule has 1 aliphatic carbocycles. The van der Waals surface area contributed by atoms with Gasteiger partial charge >= 0.3 is 0 Å². The molecule has 23 heavy (non-hydrogen) atoms. The van der Waals surface area contributed by atoms with Crippen molar-refractivity contribution in [3.8, 4) is 0 Å². The van der Waals surface area contributed by atoms with Crippen LogP contribution in [0, 0.1) is 0 Å². The molecule has 0 aliphatic heterocycles. The maximum Gasteiger partial charge on any atom is 0.0409 e. The van der Waals surface area contributed by atoms with Crippen molar-refractivity contribution in [3.63, 3.8) is 0 Å². The molecule has 118 valence electrons. The van der Waals surface area contributed by atoms with Crippen LogP contribution in [-0.4, -0.2) is 0 Å². The second-order valence-electron chi connectivity index (χ2n) is 6.79. The van der Waals surface area contributed by atoms with E-state index in [1.165, 1.54) is 33.4 Å². The molecule has 0 bridgehead atoms. The average molecular weight is 343 g/mol. The molecule has 0 spiro atoms. The zero-order chi connectivity index (χ0) is 16.8. The van der Waals surface area contributed by atoms with Crippen molar-refractivity contribution < 1.29 is 0 Å². The first-order valence-corrected chi connectivity index (χ1v) is 8.52. The Labute approximate surface area is 148 Å². The van der Waals surface area contributed by atoms with Crippen molar-refractivity contribution >= 4 is 28.8 Å². The quantitative estimate of drug-likeness (QED) is 0.520. The zero-order valence-electron chi connectivity index (χ0n) is 13.9. The highest BCUT2D eigenvalue weighted by atomic mass is 35.5. The second kappa shape index (κ2) is 5.85. The highest BCUT2D eigenvalue weighted by molar-refractivity contribution is 6.31. The summed E-state index contributed by atoms with van der Waals surface area (Å²) in [5.74, 6) is 0. The number of allylic oxidation sites excluding steroid dienone is 3. The van der Waals surface area contributed by atoms with E-state index in [0.29, 0.717) is 0 Å². The van der Waals surface area contributed by atoms with E-state index in [2.05, 4.69) is 58.0 Å². The van der Waals surface area contributed by atoms with Crippen LogP contribution in [0.2, 0.25) is 10.0 Å².